The molecule has 0 radical (unpaired) electrons. The standard InChI is InChI=1S/C10H8O3S/c1-12-10(11)9-3-2-8(13-9)7-4-5-14-6-7/h2-6H,1H3. The van der Waals surface area contributed by atoms with Crippen LogP contribution in [0.5, 0.6) is 0 Å². The Labute approximate surface area is 84.9 Å². The minimum absolute atomic E-state index is 0.230. The zero-order valence-electron chi connectivity index (χ0n) is 7.52. The van der Waals surface area contributed by atoms with Gasteiger partial charge in [0.1, 0.15) is 5.76 Å². The molecule has 0 aliphatic carbocycles. The second-order valence-electron chi connectivity index (χ2n) is 2.67. The number of ether oxygens (including phenoxy) is 1. The predicted octanol–water partition coefficient (Wildman–Crippen LogP) is 2.79. The van der Waals surface area contributed by atoms with E-state index < -0.39 is 5.97 Å². The minimum atomic E-state index is -0.452. The van der Waals surface area contributed by atoms with Gasteiger partial charge < -0.3 is 9.15 Å². The highest BCUT2D eigenvalue weighted by Crippen LogP contribution is 2.24. The summed E-state index contributed by atoms with van der Waals surface area (Å²) in [6, 6.07) is 5.30. The van der Waals surface area contributed by atoms with E-state index in [0.29, 0.717) is 5.76 Å². The molecule has 0 bridgehead atoms. The lowest BCUT2D eigenvalue weighted by atomic mass is 10.3. The fourth-order valence-corrected chi connectivity index (χ4v) is 1.75. The van der Waals surface area contributed by atoms with Gasteiger partial charge >= 0.3 is 5.97 Å². The van der Waals surface area contributed by atoms with Crippen molar-refractivity contribution in [3.63, 3.8) is 0 Å². The smallest absolute Gasteiger partial charge is 0.373 e. The molecule has 2 aromatic heterocycles. The summed E-state index contributed by atoms with van der Waals surface area (Å²) in [5.41, 5.74) is 0.977. The summed E-state index contributed by atoms with van der Waals surface area (Å²) in [5.74, 6) is 0.465. The quantitative estimate of drug-likeness (QED) is 0.712. The van der Waals surface area contributed by atoms with Crippen LogP contribution in [0.4, 0.5) is 0 Å². The van der Waals surface area contributed by atoms with Crippen LogP contribution in [-0.4, -0.2) is 13.1 Å². The van der Waals surface area contributed by atoms with E-state index in [4.69, 9.17) is 4.42 Å². The molecule has 0 saturated heterocycles. The van der Waals surface area contributed by atoms with E-state index in [1.165, 1.54) is 7.11 Å². The Balaban J connectivity index is 2.31. The van der Waals surface area contributed by atoms with Gasteiger partial charge in [0.2, 0.25) is 5.76 Å². The predicted molar refractivity (Wildman–Crippen MR) is 53.4 cm³/mol. The number of methoxy groups -OCH3 is 1. The van der Waals surface area contributed by atoms with Crippen molar-refractivity contribution in [1.29, 1.82) is 0 Å². The van der Waals surface area contributed by atoms with Gasteiger partial charge in [-0.15, -0.1) is 0 Å². The van der Waals surface area contributed by atoms with E-state index in [1.807, 2.05) is 16.8 Å². The first-order chi connectivity index (χ1) is 6.81. The summed E-state index contributed by atoms with van der Waals surface area (Å²) >= 11 is 1.58. The summed E-state index contributed by atoms with van der Waals surface area (Å²) < 4.78 is 9.85. The summed E-state index contributed by atoms with van der Waals surface area (Å²) in [5, 5.41) is 3.91. The molecule has 2 rings (SSSR count). The Bertz CT molecular complexity index is 428. The fraction of sp³-hybridized carbons (Fsp3) is 0.100. The van der Waals surface area contributed by atoms with Crippen LogP contribution in [0.2, 0.25) is 0 Å². The number of rotatable bonds is 2. The molecule has 0 aromatic carbocycles. The number of hydrogen-bond acceptors (Lipinski definition) is 4. The molecule has 14 heavy (non-hydrogen) atoms. The van der Waals surface area contributed by atoms with Crippen LogP contribution in [0.15, 0.2) is 33.4 Å². The topological polar surface area (TPSA) is 39.4 Å². The van der Waals surface area contributed by atoms with Crippen LogP contribution in [0.1, 0.15) is 10.6 Å². The molecule has 3 nitrogen and oxygen atoms in total. The maximum Gasteiger partial charge on any atom is 0.373 e. The van der Waals surface area contributed by atoms with Crippen molar-refractivity contribution in [2.24, 2.45) is 0 Å². The van der Waals surface area contributed by atoms with E-state index in [0.717, 1.165) is 5.56 Å². The molecule has 2 heterocycles. The van der Waals surface area contributed by atoms with Gasteiger partial charge in [0.25, 0.3) is 0 Å². The molecule has 2 aromatic rings. The third-order valence-corrected chi connectivity index (χ3v) is 2.48. The van der Waals surface area contributed by atoms with Gasteiger partial charge in [-0.3, -0.25) is 0 Å². The molecule has 0 spiro atoms. The molecule has 0 fully saturated rings. The second-order valence-corrected chi connectivity index (χ2v) is 3.45. The van der Waals surface area contributed by atoms with Crippen LogP contribution in [-0.2, 0) is 4.74 Å². The summed E-state index contributed by atoms with van der Waals surface area (Å²) in [6.45, 7) is 0. The Hall–Kier alpha value is -1.55. The largest absolute Gasteiger partial charge is 0.463 e. The van der Waals surface area contributed by atoms with Crippen LogP contribution in [0.25, 0.3) is 11.3 Å². The number of hydrogen-bond donors (Lipinski definition) is 0. The lowest BCUT2D eigenvalue weighted by Gasteiger charge is -1.93. The monoisotopic (exact) mass is 208 g/mol. The van der Waals surface area contributed by atoms with Crippen molar-refractivity contribution in [3.05, 3.63) is 34.7 Å². The lowest BCUT2D eigenvalue weighted by Crippen LogP contribution is -1.97. The number of carbonyl (C=O) groups is 1. The van der Waals surface area contributed by atoms with E-state index in [1.54, 1.807) is 23.5 Å². The normalized spacial score (nSPS) is 10.1. The van der Waals surface area contributed by atoms with Crippen molar-refractivity contribution in [2.45, 2.75) is 0 Å². The zero-order valence-corrected chi connectivity index (χ0v) is 8.34. The summed E-state index contributed by atoms with van der Waals surface area (Å²) in [7, 11) is 1.33. The third-order valence-electron chi connectivity index (χ3n) is 1.80. The molecule has 0 N–H and O–H groups in total. The van der Waals surface area contributed by atoms with Gasteiger partial charge in [-0.25, -0.2) is 4.79 Å². The van der Waals surface area contributed by atoms with Crippen molar-refractivity contribution in [1.82, 2.24) is 0 Å². The zero-order chi connectivity index (χ0) is 9.97. The number of furan rings is 1. The van der Waals surface area contributed by atoms with Gasteiger partial charge in [-0.05, 0) is 23.6 Å². The van der Waals surface area contributed by atoms with Crippen molar-refractivity contribution in [3.8, 4) is 11.3 Å². The Morgan fingerprint density at radius 1 is 1.43 bits per heavy atom. The highest BCUT2D eigenvalue weighted by molar-refractivity contribution is 7.08. The average molecular weight is 208 g/mol. The molecular weight excluding hydrogens is 200 g/mol. The highest BCUT2D eigenvalue weighted by atomic mass is 32.1. The van der Waals surface area contributed by atoms with Crippen LogP contribution in [0, 0.1) is 0 Å². The second kappa shape index (κ2) is 3.67. The molecular formula is C10H8O3S. The van der Waals surface area contributed by atoms with Crippen molar-refractivity contribution >= 4 is 17.3 Å². The van der Waals surface area contributed by atoms with Crippen molar-refractivity contribution < 1.29 is 13.9 Å². The molecule has 4 heteroatoms. The first-order valence-electron chi connectivity index (χ1n) is 4.02. The van der Waals surface area contributed by atoms with E-state index >= 15 is 0 Å². The van der Waals surface area contributed by atoms with Gasteiger partial charge in [0.05, 0.1) is 7.11 Å². The summed E-state index contributed by atoms with van der Waals surface area (Å²) in [6.07, 6.45) is 0. The average Bonchev–Trinajstić information content (AvgIpc) is 2.86. The summed E-state index contributed by atoms with van der Waals surface area (Å²) in [4.78, 5) is 11.1. The Morgan fingerprint density at radius 2 is 2.29 bits per heavy atom. The first-order valence-corrected chi connectivity index (χ1v) is 4.96. The molecule has 0 aliphatic rings. The fourth-order valence-electron chi connectivity index (χ4n) is 1.11. The van der Waals surface area contributed by atoms with E-state index in [-0.39, 0.29) is 5.76 Å². The molecule has 0 aliphatic heterocycles. The first kappa shape index (κ1) is 9.02. The maximum absolute atomic E-state index is 11.1. The Morgan fingerprint density at radius 3 is 2.93 bits per heavy atom. The van der Waals surface area contributed by atoms with Gasteiger partial charge in [-0.2, -0.15) is 11.3 Å². The van der Waals surface area contributed by atoms with E-state index in [9.17, 15) is 4.79 Å². The number of carbonyl (C=O) groups excluding carboxylic acids is 1. The van der Waals surface area contributed by atoms with Crippen molar-refractivity contribution in [2.75, 3.05) is 7.11 Å². The van der Waals surface area contributed by atoms with Crippen LogP contribution < -0.4 is 0 Å². The van der Waals surface area contributed by atoms with Gasteiger partial charge in [-0.1, -0.05) is 0 Å². The van der Waals surface area contributed by atoms with Crippen LogP contribution >= 0.6 is 11.3 Å². The highest BCUT2D eigenvalue weighted by Gasteiger charge is 2.11. The SMILES string of the molecule is COC(=O)c1ccc(-c2ccsc2)o1. The molecule has 0 unspecified atom stereocenters. The molecule has 0 amide bonds. The third kappa shape index (κ3) is 1.56. The van der Waals surface area contributed by atoms with E-state index in [2.05, 4.69) is 4.74 Å². The minimum Gasteiger partial charge on any atom is -0.463 e. The van der Waals surface area contributed by atoms with Gasteiger partial charge in [0.15, 0.2) is 0 Å². The Kier molecular flexibility index (Phi) is 2.37. The van der Waals surface area contributed by atoms with Gasteiger partial charge in [0, 0.05) is 10.9 Å². The molecule has 0 atom stereocenters. The maximum atomic E-state index is 11.1. The number of esters is 1. The number of thiophene rings is 1. The molecule has 72 valence electrons. The van der Waals surface area contributed by atoms with Crippen LogP contribution in [0.3, 0.4) is 0 Å². The molecule has 0 saturated carbocycles. The lowest BCUT2D eigenvalue weighted by molar-refractivity contribution is 0.0566.